The van der Waals surface area contributed by atoms with Crippen LogP contribution in [0.5, 0.6) is 0 Å². The van der Waals surface area contributed by atoms with Crippen molar-refractivity contribution < 1.29 is 22.7 Å². The van der Waals surface area contributed by atoms with Crippen LogP contribution in [0.4, 0.5) is 19.0 Å². The molecule has 4 rings (SSSR count). The van der Waals surface area contributed by atoms with Crippen molar-refractivity contribution in [1.82, 2.24) is 9.38 Å². The van der Waals surface area contributed by atoms with Crippen molar-refractivity contribution in [3.05, 3.63) is 90.1 Å². The van der Waals surface area contributed by atoms with Crippen LogP contribution < -0.4 is 0 Å². The topological polar surface area (TPSA) is 56.0 Å². The first-order valence-corrected chi connectivity index (χ1v) is 8.89. The molecule has 0 fully saturated rings. The molecule has 0 aliphatic carbocycles. The van der Waals surface area contributed by atoms with Gasteiger partial charge in [-0.25, -0.2) is 4.98 Å². The lowest BCUT2D eigenvalue weighted by atomic mass is 10.1. The van der Waals surface area contributed by atoms with E-state index >= 15 is 0 Å². The molecule has 0 radical (unpaired) electrons. The van der Waals surface area contributed by atoms with E-state index in [-0.39, 0.29) is 11.6 Å². The van der Waals surface area contributed by atoms with Crippen LogP contribution >= 0.6 is 0 Å². The van der Waals surface area contributed by atoms with Crippen LogP contribution in [0.3, 0.4) is 0 Å². The van der Waals surface area contributed by atoms with Crippen molar-refractivity contribution >= 4 is 23.4 Å². The lowest BCUT2D eigenvalue weighted by molar-refractivity contribution is -0.0688. The molecule has 0 unspecified atom stereocenters. The van der Waals surface area contributed by atoms with Crippen LogP contribution in [0.1, 0.15) is 15.9 Å². The molecular formula is C22H14F3N3O2. The molecule has 2 aromatic heterocycles. The van der Waals surface area contributed by atoms with Crippen LogP contribution in [0.25, 0.3) is 16.9 Å². The fourth-order valence-electron chi connectivity index (χ4n) is 3.05. The minimum atomic E-state index is -3.35. The summed E-state index contributed by atoms with van der Waals surface area (Å²) in [6.07, 6.45) is -0.142. The number of hydrogen-bond donors (Lipinski definition) is 0. The van der Waals surface area contributed by atoms with Crippen molar-refractivity contribution in [2.24, 2.45) is 4.99 Å². The second-order valence-electron chi connectivity index (χ2n) is 6.23. The maximum Gasteiger partial charge on any atom is 0.390 e. The molecule has 4 aromatic rings. The molecule has 0 saturated carbocycles. The highest BCUT2D eigenvalue weighted by atomic mass is 19.3. The molecule has 0 bridgehead atoms. The number of halogens is 3. The zero-order valence-corrected chi connectivity index (χ0v) is 15.4. The Morgan fingerprint density at radius 3 is 2.27 bits per heavy atom. The summed E-state index contributed by atoms with van der Waals surface area (Å²) in [6, 6.07) is 20.7. The highest BCUT2D eigenvalue weighted by molar-refractivity contribution is 6.09. The van der Waals surface area contributed by atoms with Gasteiger partial charge in [-0.1, -0.05) is 60.7 Å². The number of fused-ring (bicyclic) bond motifs is 1. The minimum Gasteiger partial charge on any atom is -0.393 e. The van der Waals surface area contributed by atoms with Gasteiger partial charge in [0.1, 0.15) is 5.65 Å². The summed E-state index contributed by atoms with van der Waals surface area (Å²) in [7, 11) is 0. The molecule has 5 nitrogen and oxygen atoms in total. The molecule has 2 heterocycles. The molecule has 0 aliphatic rings. The normalized spacial score (nSPS) is 11.8. The van der Waals surface area contributed by atoms with Crippen molar-refractivity contribution in [2.75, 3.05) is 0 Å². The summed E-state index contributed by atoms with van der Waals surface area (Å²) in [6.45, 7) is -3.35. The molecule has 2 aromatic carbocycles. The van der Waals surface area contributed by atoms with E-state index in [2.05, 4.69) is 14.7 Å². The second kappa shape index (κ2) is 8.20. The van der Waals surface area contributed by atoms with Gasteiger partial charge in [-0.05, 0) is 12.1 Å². The molecule has 0 spiro atoms. The van der Waals surface area contributed by atoms with Gasteiger partial charge in [0.25, 0.3) is 0 Å². The minimum absolute atomic E-state index is 0.149. The average Bonchev–Trinajstić information content (AvgIpc) is 3.10. The number of ether oxygens (including phenoxy) is 1. The molecule has 0 amide bonds. The number of carbonyl (C=O) groups excluding carboxylic acids is 1. The second-order valence-corrected chi connectivity index (χ2v) is 6.23. The Bertz CT molecular complexity index is 1220. The van der Waals surface area contributed by atoms with Gasteiger partial charge in [-0.3, -0.25) is 9.20 Å². The van der Waals surface area contributed by atoms with Gasteiger partial charge in [0.15, 0.2) is 11.6 Å². The number of pyridine rings is 1. The number of hydrogen-bond acceptors (Lipinski definition) is 4. The van der Waals surface area contributed by atoms with E-state index in [1.165, 1.54) is 0 Å². The van der Waals surface area contributed by atoms with Crippen LogP contribution in [-0.2, 0) is 4.74 Å². The third-order valence-corrected chi connectivity index (χ3v) is 4.33. The van der Waals surface area contributed by atoms with E-state index in [0.717, 1.165) is 0 Å². The number of ketones is 1. The maximum atomic E-state index is 13.7. The average molecular weight is 409 g/mol. The summed E-state index contributed by atoms with van der Waals surface area (Å²) < 4.78 is 43.6. The number of alkyl halides is 2. The molecular weight excluding hydrogens is 395 g/mol. The van der Waals surface area contributed by atoms with Gasteiger partial charge in [0.2, 0.25) is 0 Å². The smallest absolute Gasteiger partial charge is 0.390 e. The van der Waals surface area contributed by atoms with E-state index in [0.29, 0.717) is 28.0 Å². The summed E-state index contributed by atoms with van der Waals surface area (Å²) in [5, 5.41) is 0. The first-order chi connectivity index (χ1) is 14.5. The quantitative estimate of drug-likeness (QED) is 0.251. The number of rotatable bonds is 5. The fourth-order valence-corrected chi connectivity index (χ4v) is 3.05. The monoisotopic (exact) mass is 409 g/mol. The van der Waals surface area contributed by atoms with E-state index < -0.39 is 12.8 Å². The van der Waals surface area contributed by atoms with Crippen LogP contribution in [-0.4, -0.2) is 27.9 Å². The molecule has 0 N–H and O–H groups in total. The van der Waals surface area contributed by atoms with E-state index in [1.54, 1.807) is 77.3 Å². The Balaban J connectivity index is 1.88. The molecule has 0 atom stereocenters. The molecule has 30 heavy (non-hydrogen) atoms. The standard InChI is InChI=1S/C22H14F3N3O2/c23-21(24)30-22(25)27-20-18(14-7-3-1-4-8-14)28-13-16(11-12-17(28)26-20)19(29)15-9-5-2-6-10-15/h1-13,21H/b27-22-. The first-order valence-electron chi connectivity index (χ1n) is 8.89. The van der Waals surface area contributed by atoms with Crippen molar-refractivity contribution in [3.8, 4) is 11.3 Å². The number of carbonyl (C=O) groups is 1. The molecule has 0 aliphatic heterocycles. The summed E-state index contributed by atoms with van der Waals surface area (Å²) in [5.41, 5.74) is 2.19. The van der Waals surface area contributed by atoms with Gasteiger partial charge in [0, 0.05) is 22.9 Å². The van der Waals surface area contributed by atoms with Gasteiger partial charge in [-0.2, -0.15) is 13.8 Å². The zero-order chi connectivity index (χ0) is 21.1. The Kier molecular flexibility index (Phi) is 5.30. The van der Waals surface area contributed by atoms with Gasteiger partial charge in [0.05, 0.1) is 5.69 Å². The number of nitrogens with zero attached hydrogens (tertiary/aromatic N) is 3. The van der Waals surface area contributed by atoms with E-state index in [4.69, 9.17) is 0 Å². The fraction of sp³-hybridized carbons (Fsp3) is 0.0455. The third kappa shape index (κ3) is 3.93. The van der Waals surface area contributed by atoms with Gasteiger partial charge >= 0.3 is 12.8 Å². The van der Waals surface area contributed by atoms with Crippen molar-refractivity contribution in [2.45, 2.75) is 6.61 Å². The van der Waals surface area contributed by atoms with Gasteiger partial charge < -0.3 is 4.74 Å². The van der Waals surface area contributed by atoms with Crippen LogP contribution in [0.15, 0.2) is 84.0 Å². The Morgan fingerprint density at radius 1 is 0.933 bits per heavy atom. The van der Waals surface area contributed by atoms with E-state index in [1.807, 2.05) is 6.07 Å². The number of aliphatic imine (C=N–C) groups is 1. The summed E-state index contributed by atoms with van der Waals surface area (Å²) in [5.74, 6) is -0.355. The Morgan fingerprint density at radius 2 is 1.60 bits per heavy atom. The number of imidazole rings is 1. The lowest BCUT2D eigenvalue weighted by Gasteiger charge is -2.06. The lowest BCUT2D eigenvalue weighted by Crippen LogP contribution is -2.03. The van der Waals surface area contributed by atoms with Crippen LogP contribution in [0, 0.1) is 0 Å². The largest absolute Gasteiger partial charge is 0.393 e. The summed E-state index contributed by atoms with van der Waals surface area (Å²) in [4.78, 5) is 20.5. The van der Waals surface area contributed by atoms with Crippen molar-refractivity contribution in [1.29, 1.82) is 0 Å². The highest BCUT2D eigenvalue weighted by Crippen LogP contribution is 2.32. The Labute approximate surface area is 169 Å². The van der Waals surface area contributed by atoms with E-state index in [9.17, 15) is 18.0 Å². The molecule has 8 heteroatoms. The summed E-state index contributed by atoms with van der Waals surface area (Å²) >= 11 is 0. The third-order valence-electron chi connectivity index (χ3n) is 4.33. The number of aromatic nitrogens is 2. The molecule has 150 valence electrons. The van der Waals surface area contributed by atoms with Crippen LogP contribution in [0.2, 0.25) is 0 Å². The SMILES string of the molecule is O=C(c1ccccc1)c1ccc2nc(/N=C(/F)OC(F)F)c(-c3ccccc3)n2c1. The zero-order valence-electron chi connectivity index (χ0n) is 15.4. The maximum absolute atomic E-state index is 13.7. The predicted octanol–water partition coefficient (Wildman–Crippen LogP) is 5.43. The number of benzene rings is 2. The molecule has 0 saturated heterocycles. The predicted molar refractivity (Wildman–Crippen MR) is 106 cm³/mol. The first kappa shape index (κ1) is 19.4. The Hall–Kier alpha value is -3.94. The van der Waals surface area contributed by atoms with Crippen molar-refractivity contribution in [3.63, 3.8) is 0 Å². The highest BCUT2D eigenvalue weighted by Gasteiger charge is 2.18. The van der Waals surface area contributed by atoms with Gasteiger partial charge in [-0.15, -0.1) is 4.39 Å².